The van der Waals surface area contributed by atoms with Gasteiger partial charge >= 0.3 is 5.97 Å². The Morgan fingerprint density at radius 2 is 1.03 bits per heavy atom. The largest absolute Gasteiger partial charge is 0.481 e. The maximum absolute atomic E-state index is 10.3. The molecule has 1 saturated heterocycles. The van der Waals surface area contributed by atoms with Gasteiger partial charge in [0.05, 0.1) is 0 Å². The van der Waals surface area contributed by atoms with E-state index in [0.717, 1.165) is 18.8 Å². The van der Waals surface area contributed by atoms with Gasteiger partial charge in [-0.15, -0.1) is 0 Å². The molecule has 0 aromatic carbocycles. The van der Waals surface area contributed by atoms with Crippen LogP contribution in [0.1, 0.15) is 157 Å². The van der Waals surface area contributed by atoms with Gasteiger partial charge in [0.1, 0.15) is 0 Å². The molecule has 0 saturated carbocycles. The predicted octanol–water partition coefficient (Wildman–Crippen LogP) is 8.90. The zero-order chi connectivity index (χ0) is 23.6. The van der Waals surface area contributed by atoms with Gasteiger partial charge in [-0.25, -0.2) is 0 Å². The topological polar surface area (TPSA) is 49.3 Å². The fraction of sp³-hybridized carbons (Fsp3) is 0.964. The van der Waals surface area contributed by atoms with E-state index in [-0.39, 0.29) is 0 Å². The van der Waals surface area contributed by atoms with E-state index in [1.54, 1.807) is 0 Å². The lowest BCUT2D eigenvalue weighted by Gasteiger charge is -2.45. The maximum Gasteiger partial charge on any atom is 0.303 e. The van der Waals surface area contributed by atoms with Crippen molar-refractivity contribution in [2.24, 2.45) is 5.92 Å². The molecule has 0 bridgehead atoms. The molecule has 0 aromatic heterocycles. The average molecular weight is 440 g/mol. The number of carbonyl (C=O) groups is 1. The van der Waals surface area contributed by atoms with Crippen LogP contribution in [0.15, 0.2) is 0 Å². The fourth-order valence-electron chi connectivity index (χ4n) is 5.48. The molecule has 3 nitrogen and oxygen atoms in total. The van der Waals surface area contributed by atoms with Gasteiger partial charge in [0.15, 0.2) is 0 Å². The zero-order valence-electron chi connectivity index (χ0n) is 22.2. The van der Waals surface area contributed by atoms with Crippen LogP contribution in [0, 0.1) is 5.92 Å². The van der Waals surface area contributed by atoms with E-state index in [2.05, 4.69) is 46.9 Å². The first kappa shape index (κ1) is 30.4. The van der Waals surface area contributed by atoms with Crippen LogP contribution < -0.4 is 5.32 Å². The summed E-state index contributed by atoms with van der Waals surface area (Å²) in [6.07, 6.45) is 22.8. The van der Waals surface area contributed by atoms with Gasteiger partial charge in [0, 0.05) is 17.5 Å². The van der Waals surface area contributed by atoms with Gasteiger partial charge in [-0.1, -0.05) is 104 Å². The summed E-state index contributed by atoms with van der Waals surface area (Å²) in [5.41, 5.74) is 0.669. The molecule has 186 valence electrons. The van der Waals surface area contributed by atoms with E-state index >= 15 is 0 Å². The summed E-state index contributed by atoms with van der Waals surface area (Å²) in [4.78, 5) is 10.3. The van der Waals surface area contributed by atoms with Crippen LogP contribution in [0.5, 0.6) is 0 Å². The molecule has 1 aliphatic rings. The van der Waals surface area contributed by atoms with Crippen LogP contribution in [0.25, 0.3) is 0 Å². The fourth-order valence-corrected chi connectivity index (χ4v) is 5.48. The molecule has 3 heteroatoms. The molecule has 31 heavy (non-hydrogen) atoms. The monoisotopic (exact) mass is 439 g/mol. The summed E-state index contributed by atoms with van der Waals surface area (Å²) < 4.78 is 0. The van der Waals surface area contributed by atoms with Crippen molar-refractivity contribution < 1.29 is 9.90 Å². The second-order valence-corrected chi connectivity index (χ2v) is 11.5. The summed E-state index contributed by atoms with van der Waals surface area (Å²) in [5.74, 6) is 0.209. The number of rotatable bonds is 16. The summed E-state index contributed by atoms with van der Waals surface area (Å²) in [5, 5.41) is 12.2. The van der Waals surface area contributed by atoms with Gasteiger partial charge in [0.2, 0.25) is 0 Å². The highest BCUT2D eigenvalue weighted by atomic mass is 16.4. The molecule has 1 fully saturated rings. The Kier molecular flexibility index (Phi) is 17.6. The van der Waals surface area contributed by atoms with Crippen LogP contribution in [-0.2, 0) is 4.79 Å². The third-order valence-electron chi connectivity index (χ3n) is 6.39. The van der Waals surface area contributed by atoms with Crippen LogP contribution >= 0.6 is 0 Å². The van der Waals surface area contributed by atoms with E-state index < -0.39 is 5.97 Å². The van der Waals surface area contributed by atoms with Crippen molar-refractivity contribution in [2.45, 2.75) is 168 Å². The van der Waals surface area contributed by atoms with Crippen molar-refractivity contribution in [1.82, 2.24) is 5.32 Å². The van der Waals surface area contributed by atoms with Crippen molar-refractivity contribution in [2.75, 3.05) is 0 Å². The molecule has 0 aromatic rings. The summed E-state index contributed by atoms with van der Waals surface area (Å²) in [7, 11) is 0. The molecule has 1 heterocycles. The maximum atomic E-state index is 10.3. The molecular formula is C28H57NO2. The van der Waals surface area contributed by atoms with E-state index in [0.29, 0.717) is 17.5 Å². The van der Waals surface area contributed by atoms with Crippen LogP contribution in [-0.4, -0.2) is 22.2 Å². The van der Waals surface area contributed by atoms with Crippen LogP contribution in [0.2, 0.25) is 0 Å². The van der Waals surface area contributed by atoms with E-state index in [1.165, 1.54) is 96.3 Å². The van der Waals surface area contributed by atoms with Gasteiger partial charge in [-0.2, -0.15) is 0 Å². The molecule has 0 aliphatic carbocycles. The van der Waals surface area contributed by atoms with Crippen molar-refractivity contribution in [3.8, 4) is 0 Å². The first-order valence-electron chi connectivity index (χ1n) is 13.6. The number of hydrogen-bond donors (Lipinski definition) is 2. The molecule has 0 radical (unpaired) electrons. The summed E-state index contributed by atoms with van der Waals surface area (Å²) in [6, 6.07) is 0. The van der Waals surface area contributed by atoms with Crippen molar-refractivity contribution >= 4 is 5.97 Å². The van der Waals surface area contributed by atoms with E-state index in [9.17, 15) is 4.79 Å². The number of carboxylic acid groups (broad SMARTS) is 1. The van der Waals surface area contributed by atoms with Crippen LogP contribution in [0.4, 0.5) is 0 Å². The third-order valence-corrected chi connectivity index (χ3v) is 6.39. The van der Waals surface area contributed by atoms with Gasteiger partial charge < -0.3 is 10.4 Å². The summed E-state index contributed by atoms with van der Waals surface area (Å²) >= 11 is 0. The Bertz CT molecular complexity index is 415. The summed E-state index contributed by atoms with van der Waals surface area (Å²) in [6.45, 7) is 13.8. The van der Waals surface area contributed by atoms with Crippen molar-refractivity contribution in [1.29, 1.82) is 0 Å². The average Bonchev–Trinajstić information content (AvgIpc) is 2.62. The SMILES string of the molecule is CC1CC(C)(C)NC(C)(C)C1.CCCCCCCCCCCCCCCCCC(=O)O. The number of unbranched alkanes of at least 4 members (excludes halogenated alkanes) is 14. The van der Waals surface area contributed by atoms with Gasteiger partial charge in [-0.05, 0) is 52.9 Å². The number of piperidine rings is 1. The second kappa shape index (κ2) is 17.9. The van der Waals surface area contributed by atoms with Crippen molar-refractivity contribution in [3.05, 3.63) is 0 Å². The lowest BCUT2D eigenvalue weighted by atomic mass is 9.77. The van der Waals surface area contributed by atoms with Gasteiger partial charge in [-0.3, -0.25) is 4.79 Å². The molecule has 0 unspecified atom stereocenters. The third kappa shape index (κ3) is 21.1. The standard InChI is InChI=1S/C18H36O2.C10H21N/c1-2-3-4-5-6-7-8-9-10-11-12-13-14-15-16-17-18(19)20;1-8-6-9(2,3)11-10(4,5)7-8/h2-17H2,1H3,(H,19,20);8,11H,6-7H2,1-5H3. The molecule has 0 atom stereocenters. The molecule has 0 spiro atoms. The minimum absolute atomic E-state index is 0.334. The highest BCUT2D eigenvalue weighted by Crippen LogP contribution is 2.32. The van der Waals surface area contributed by atoms with E-state index in [1.807, 2.05) is 0 Å². The molecule has 1 aliphatic heterocycles. The second-order valence-electron chi connectivity index (χ2n) is 11.5. The Labute approximate surface area is 195 Å². The van der Waals surface area contributed by atoms with E-state index in [4.69, 9.17) is 5.11 Å². The zero-order valence-corrected chi connectivity index (χ0v) is 22.2. The number of aliphatic carboxylic acids is 1. The number of carboxylic acids is 1. The first-order valence-corrected chi connectivity index (χ1v) is 13.6. The Morgan fingerprint density at radius 3 is 1.32 bits per heavy atom. The highest BCUT2D eigenvalue weighted by molar-refractivity contribution is 5.66. The lowest BCUT2D eigenvalue weighted by molar-refractivity contribution is -0.137. The van der Waals surface area contributed by atoms with Crippen molar-refractivity contribution in [3.63, 3.8) is 0 Å². The Balaban J connectivity index is 0.000000683. The normalized spacial score (nSPS) is 17.7. The Morgan fingerprint density at radius 1 is 0.710 bits per heavy atom. The molecule has 1 rings (SSSR count). The van der Waals surface area contributed by atoms with Crippen LogP contribution in [0.3, 0.4) is 0 Å². The highest BCUT2D eigenvalue weighted by Gasteiger charge is 2.35. The molecule has 0 amide bonds. The lowest BCUT2D eigenvalue weighted by Crippen LogP contribution is -2.57. The first-order chi connectivity index (χ1) is 14.6. The molecular weight excluding hydrogens is 382 g/mol. The smallest absolute Gasteiger partial charge is 0.303 e. The minimum Gasteiger partial charge on any atom is -0.481 e. The minimum atomic E-state index is -0.653. The quantitative estimate of drug-likeness (QED) is 0.236. The Hall–Kier alpha value is -0.570. The number of hydrogen-bond acceptors (Lipinski definition) is 2. The number of nitrogens with one attached hydrogen (secondary N) is 1. The van der Waals surface area contributed by atoms with Gasteiger partial charge in [0.25, 0.3) is 0 Å². The molecule has 2 N–H and O–H groups in total. The predicted molar refractivity (Wildman–Crippen MR) is 137 cm³/mol.